The average molecular weight is 302 g/mol. The van der Waals surface area contributed by atoms with Crippen molar-refractivity contribution in [3.05, 3.63) is 53.7 Å². The van der Waals surface area contributed by atoms with Crippen molar-refractivity contribution in [1.29, 1.82) is 0 Å². The summed E-state index contributed by atoms with van der Waals surface area (Å²) in [5.74, 6) is -3.83. The van der Waals surface area contributed by atoms with Crippen molar-refractivity contribution in [2.45, 2.75) is 26.2 Å². The van der Waals surface area contributed by atoms with Crippen LogP contribution in [0.2, 0.25) is 0 Å². The predicted molar refractivity (Wildman–Crippen MR) is 86.0 cm³/mol. The van der Waals surface area contributed by atoms with Crippen molar-refractivity contribution in [2.75, 3.05) is 0 Å². The fourth-order valence-electron chi connectivity index (χ4n) is 2.94. The molecule has 1 aliphatic rings. The molecule has 4 rings (SSSR count). The third-order valence-corrected chi connectivity index (χ3v) is 3.98. The van der Waals surface area contributed by atoms with E-state index < -0.39 is 37.8 Å². The standard InChI is InChI=1S/C18H19N3O/c1-12-19-9-10-21(12)11-13-7-8-16-17(18(13)22)14-5-3-4-6-15(14)20(16)2/h3-6,9-10,13H,7-8,11H2,1-2H3/i1D3,2D3,11D2,13D. The molecule has 0 N–H and O–H groups in total. The Balaban J connectivity index is 1.93. The van der Waals surface area contributed by atoms with Crippen molar-refractivity contribution < 1.29 is 17.1 Å². The van der Waals surface area contributed by atoms with Crippen molar-refractivity contribution in [3.8, 4) is 0 Å². The molecular formula is C18H19N3O. The molecule has 1 unspecified atom stereocenters. The Kier molecular flexibility index (Phi) is 1.50. The number of nitrogens with zero attached hydrogens (tertiary/aromatic N) is 3. The van der Waals surface area contributed by atoms with Crippen LogP contribution >= 0.6 is 0 Å². The van der Waals surface area contributed by atoms with Crippen LogP contribution < -0.4 is 0 Å². The van der Waals surface area contributed by atoms with Gasteiger partial charge in [0.1, 0.15) is 5.82 Å². The van der Waals surface area contributed by atoms with Gasteiger partial charge < -0.3 is 9.13 Å². The predicted octanol–water partition coefficient (Wildman–Crippen LogP) is 3.13. The summed E-state index contributed by atoms with van der Waals surface area (Å²) in [6.07, 6.45) is 1.86. The number of benzene rings is 1. The lowest BCUT2D eigenvalue weighted by Gasteiger charge is -2.23. The fourth-order valence-corrected chi connectivity index (χ4v) is 2.94. The first-order valence-corrected chi connectivity index (χ1v) is 6.93. The molecule has 0 spiro atoms. The maximum absolute atomic E-state index is 13.6. The topological polar surface area (TPSA) is 39.8 Å². The molecule has 1 atom stereocenters. The van der Waals surface area contributed by atoms with Gasteiger partial charge in [-0.15, -0.1) is 0 Å². The maximum atomic E-state index is 13.6. The van der Waals surface area contributed by atoms with E-state index in [-0.39, 0.29) is 24.1 Å². The number of hydrogen-bond donors (Lipinski definition) is 0. The molecule has 0 amide bonds. The number of aromatic nitrogens is 3. The Bertz CT molecular complexity index is 1190. The van der Waals surface area contributed by atoms with Crippen LogP contribution in [0.15, 0.2) is 36.7 Å². The van der Waals surface area contributed by atoms with E-state index in [2.05, 4.69) is 4.98 Å². The summed E-state index contributed by atoms with van der Waals surface area (Å²) >= 11 is 0. The van der Waals surface area contributed by atoms with Crippen LogP contribution in [0.5, 0.6) is 0 Å². The molecule has 0 aliphatic heterocycles. The third-order valence-electron chi connectivity index (χ3n) is 3.98. The zero-order chi connectivity index (χ0) is 23.0. The number of imidazole rings is 1. The molecule has 3 aromatic rings. The smallest absolute Gasteiger partial charge is 0.170 e. The summed E-state index contributed by atoms with van der Waals surface area (Å²) in [5, 5.41) is 0.326. The first-order valence-electron chi connectivity index (χ1n) is 11.4. The minimum atomic E-state index is -2.74. The molecule has 2 heterocycles. The molecular weight excluding hydrogens is 274 g/mol. The first kappa shape index (κ1) is 6.82. The Labute approximate surface area is 142 Å². The number of aryl methyl sites for hydroxylation is 2. The Morgan fingerprint density at radius 3 is 3.27 bits per heavy atom. The molecule has 0 saturated carbocycles. The molecule has 4 nitrogen and oxygen atoms in total. The van der Waals surface area contributed by atoms with Crippen molar-refractivity contribution >= 4 is 16.7 Å². The highest BCUT2D eigenvalue weighted by Gasteiger charge is 2.32. The van der Waals surface area contributed by atoms with Gasteiger partial charge in [0.2, 0.25) is 0 Å². The van der Waals surface area contributed by atoms with E-state index in [1.807, 2.05) is 0 Å². The summed E-state index contributed by atoms with van der Waals surface area (Å²) in [5.41, 5.74) is 0.524. The number of Topliss-reactive ketones (excluding diaryl/α,β-unsaturated/α-hetero) is 1. The van der Waals surface area contributed by atoms with E-state index in [4.69, 9.17) is 12.3 Å². The van der Waals surface area contributed by atoms with E-state index in [0.29, 0.717) is 10.9 Å². The highest BCUT2D eigenvalue weighted by molar-refractivity contribution is 6.11. The SMILES string of the molecule is [2H]C([2H])([2H])c1nccn1C([2H])([2H])C1([2H])CCc2c(c3ccccc3n2C([2H])([2H])[2H])C1=O. The van der Waals surface area contributed by atoms with Crippen LogP contribution in [0.25, 0.3) is 10.9 Å². The minimum absolute atomic E-state index is 0.00704. The van der Waals surface area contributed by atoms with E-state index in [1.165, 1.54) is 0 Å². The molecule has 22 heavy (non-hydrogen) atoms. The molecule has 0 radical (unpaired) electrons. The summed E-state index contributed by atoms with van der Waals surface area (Å²) in [6.45, 7) is -8.05. The normalized spacial score (nSPS) is 29.1. The molecule has 2 aromatic heterocycles. The van der Waals surface area contributed by atoms with Gasteiger partial charge in [-0.1, -0.05) is 18.2 Å². The first-order chi connectivity index (χ1) is 14.2. The zero-order valence-electron chi connectivity index (χ0n) is 20.6. The molecule has 1 aliphatic carbocycles. The Morgan fingerprint density at radius 1 is 1.50 bits per heavy atom. The Morgan fingerprint density at radius 2 is 2.41 bits per heavy atom. The van der Waals surface area contributed by atoms with Crippen molar-refractivity contribution in [2.24, 2.45) is 12.9 Å². The van der Waals surface area contributed by atoms with Gasteiger partial charge in [-0.05, 0) is 25.8 Å². The lowest BCUT2D eigenvalue weighted by molar-refractivity contribution is 0.0888. The van der Waals surface area contributed by atoms with Crippen LogP contribution in [0.3, 0.4) is 0 Å². The zero-order valence-corrected chi connectivity index (χ0v) is 11.6. The second kappa shape index (κ2) is 4.83. The van der Waals surface area contributed by atoms with Gasteiger partial charge in [0.25, 0.3) is 0 Å². The van der Waals surface area contributed by atoms with E-state index in [1.54, 1.807) is 24.3 Å². The lowest BCUT2D eigenvalue weighted by Crippen LogP contribution is -2.27. The number of hydrogen-bond acceptors (Lipinski definition) is 2. The molecule has 0 fully saturated rings. The van der Waals surface area contributed by atoms with Gasteiger partial charge in [0, 0.05) is 63.5 Å². The van der Waals surface area contributed by atoms with Crippen LogP contribution in [0, 0.1) is 12.7 Å². The van der Waals surface area contributed by atoms with Gasteiger partial charge in [0.15, 0.2) is 5.78 Å². The number of ketones is 1. The number of para-hydroxylation sites is 1. The average Bonchev–Trinajstić information content (AvgIpc) is 3.27. The fraction of sp³-hybridized carbons (Fsp3) is 0.333. The monoisotopic (exact) mass is 302 g/mol. The van der Waals surface area contributed by atoms with Crippen LogP contribution in [-0.4, -0.2) is 19.9 Å². The third kappa shape index (κ3) is 1.83. The van der Waals surface area contributed by atoms with E-state index in [0.717, 1.165) is 21.5 Å². The lowest BCUT2D eigenvalue weighted by atomic mass is 9.85. The van der Waals surface area contributed by atoms with E-state index >= 15 is 0 Å². The van der Waals surface area contributed by atoms with Gasteiger partial charge in [0.05, 0.1) is 2.74 Å². The molecule has 1 aromatic carbocycles. The summed E-state index contributed by atoms with van der Waals surface area (Å²) < 4.78 is 74.4. The van der Waals surface area contributed by atoms with Gasteiger partial charge in [-0.3, -0.25) is 4.79 Å². The quantitative estimate of drug-likeness (QED) is 0.729. The number of fused-ring (bicyclic) bond motifs is 3. The minimum Gasteiger partial charge on any atom is -0.347 e. The molecule has 0 saturated heterocycles. The second-order valence-electron chi connectivity index (χ2n) is 5.21. The highest BCUT2D eigenvalue weighted by Crippen LogP contribution is 2.34. The summed E-state index contributed by atoms with van der Waals surface area (Å²) in [7, 11) is 0. The number of carbonyl (C=O) groups is 1. The summed E-state index contributed by atoms with van der Waals surface area (Å²) in [6, 6.07) is 6.41. The van der Waals surface area contributed by atoms with Crippen LogP contribution in [0.4, 0.5) is 0 Å². The highest BCUT2D eigenvalue weighted by atomic mass is 16.1. The second-order valence-corrected chi connectivity index (χ2v) is 5.21. The molecule has 112 valence electrons. The van der Waals surface area contributed by atoms with Crippen molar-refractivity contribution in [3.63, 3.8) is 0 Å². The van der Waals surface area contributed by atoms with Gasteiger partial charge >= 0.3 is 0 Å². The van der Waals surface area contributed by atoms with Gasteiger partial charge in [-0.25, -0.2) is 4.98 Å². The largest absolute Gasteiger partial charge is 0.347 e. The summed E-state index contributed by atoms with van der Waals surface area (Å²) in [4.78, 5) is 17.3. The Hall–Kier alpha value is -2.36. The van der Waals surface area contributed by atoms with Crippen LogP contribution in [-0.2, 0) is 19.9 Å². The molecule has 0 bridgehead atoms. The van der Waals surface area contributed by atoms with Crippen LogP contribution in [0.1, 0.15) is 40.6 Å². The number of carbonyl (C=O) groups excluding carboxylic acids is 1. The van der Waals surface area contributed by atoms with Gasteiger partial charge in [-0.2, -0.15) is 0 Å². The molecule has 4 heteroatoms. The van der Waals surface area contributed by atoms with E-state index in [9.17, 15) is 4.79 Å². The number of rotatable bonds is 2. The maximum Gasteiger partial charge on any atom is 0.170 e. The van der Waals surface area contributed by atoms with Crippen molar-refractivity contribution in [1.82, 2.24) is 14.1 Å².